The lowest BCUT2D eigenvalue weighted by atomic mass is 9.87. The summed E-state index contributed by atoms with van der Waals surface area (Å²) in [7, 11) is 7.45. The van der Waals surface area contributed by atoms with Crippen molar-refractivity contribution in [3.05, 3.63) is 94.0 Å². The number of halogens is 2. The number of nitrogens with zero attached hydrogens (tertiary/aromatic N) is 2. The van der Waals surface area contributed by atoms with Crippen molar-refractivity contribution < 1.29 is 29.2 Å². The molecule has 46 heavy (non-hydrogen) atoms. The minimum atomic E-state index is -0.101. The Morgan fingerprint density at radius 2 is 1.33 bits per heavy atom. The molecule has 0 aliphatic carbocycles. The normalized spacial score (nSPS) is 18.8. The maximum Gasteiger partial charge on any atom is 0.201 e. The van der Waals surface area contributed by atoms with E-state index < -0.39 is 0 Å². The number of aromatic hydroxyl groups is 2. The summed E-state index contributed by atoms with van der Waals surface area (Å²) in [4.78, 5) is 4.65. The smallest absolute Gasteiger partial charge is 0.201 e. The first-order valence-corrected chi connectivity index (χ1v) is 15.1. The highest BCUT2D eigenvalue weighted by Crippen LogP contribution is 2.50. The van der Waals surface area contributed by atoms with Gasteiger partial charge in [-0.25, -0.2) is 0 Å². The summed E-state index contributed by atoms with van der Waals surface area (Å²) in [5, 5.41) is 22.3. The highest BCUT2D eigenvalue weighted by atomic mass is 35.5. The van der Waals surface area contributed by atoms with E-state index in [2.05, 4.69) is 48.2 Å². The summed E-state index contributed by atoms with van der Waals surface area (Å²) < 4.78 is 24.3. The van der Waals surface area contributed by atoms with E-state index in [0.717, 1.165) is 49.0 Å². The van der Waals surface area contributed by atoms with Crippen LogP contribution in [0.1, 0.15) is 45.5 Å². The lowest BCUT2D eigenvalue weighted by Crippen LogP contribution is -2.34. The molecule has 0 saturated carbocycles. The number of benzene rings is 4. The van der Waals surface area contributed by atoms with E-state index in [9.17, 15) is 10.2 Å². The Morgan fingerprint density at radius 3 is 2.04 bits per heavy atom. The average Bonchev–Trinajstić information content (AvgIpc) is 3.03. The fourth-order valence-electron chi connectivity index (χ4n) is 6.93. The fraction of sp³-hybridized carbons (Fsp3) is 0.333. The van der Waals surface area contributed by atoms with Gasteiger partial charge in [0.2, 0.25) is 5.75 Å². The molecule has 0 unspecified atom stereocenters. The molecule has 4 heterocycles. The quantitative estimate of drug-likeness (QED) is 0.229. The predicted molar refractivity (Wildman–Crippen MR) is 182 cm³/mol. The van der Waals surface area contributed by atoms with Gasteiger partial charge in [0.1, 0.15) is 5.75 Å². The van der Waals surface area contributed by atoms with Gasteiger partial charge in [0.15, 0.2) is 34.5 Å². The van der Waals surface area contributed by atoms with Crippen molar-refractivity contribution in [3.63, 3.8) is 0 Å². The molecule has 4 aliphatic rings. The summed E-state index contributed by atoms with van der Waals surface area (Å²) in [6, 6.07) is 19.7. The highest BCUT2D eigenvalue weighted by molar-refractivity contribution is 5.85. The molecule has 8 nitrogen and oxygen atoms in total. The average molecular weight is 668 g/mol. The molecule has 0 fully saturated rings. The second-order valence-electron chi connectivity index (χ2n) is 12.1. The summed E-state index contributed by atoms with van der Waals surface area (Å²) in [5.41, 5.74) is 6.58. The van der Waals surface area contributed by atoms with Crippen molar-refractivity contribution in [1.82, 2.24) is 9.80 Å². The highest BCUT2D eigenvalue weighted by Gasteiger charge is 2.33. The van der Waals surface area contributed by atoms with E-state index >= 15 is 0 Å². The Kier molecular flexibility index (Phi) is 9.84. The first-order valence-electron chi connectivity index (χ1n) is 15.1. The van der Waals surface area contributed by atoms with Crippen molar-refractivity contribution in [2.45, 2.75) is 37.8 Å². The van der Waals surface area contributed by atoms with Gasteiger partial charge in [-0.05, 0) is 110 Å². The number of fused-ring (bicyclic) bond motifs is 2. The Balaban J connectivity index is 0.00000208. The Hall–Kier alpha value is -3.82. The zero-order valence-electron chi connectivity index (χ0n) is 26.4. The van der Waals surface area contributed by atoms with Crippen molar-refractivity contribution in [2.75, 3.05) is 41.4 Å². The number of methoxy groups -OCH3 is 2. The number of hydrogen-bond donors (Lipinski definition) is 2. The minimum absolute atomic E-state index is 0. The van der Waals surface area contributed by atoms with Crippen molar-refractivity contribution in [3.8, 4) is 46.0 Å². The first-order chi connectivity index (χ1) is 21.3. The second kappa shape index (κ2) is 13.5. The zero-order valence-corrected chi connectivity index (χ0v) is 28.0. The van der Waals surface area contributed by atoms with Crippen LogP contribution in [0.25, 0.3) is 0 Å². The summed E-state index contributed by atoms with van der Waals surface area (Å²) >= 11 is 0. The molecule has 0 saturated heterocycles. The van der Waals surface area contributed by atoms with E-state index in [1.54, 1.807) is 20.3 Å². The summed E-state index contributed by atoms with van der Waals surface area (Å²) in [6.07, 6.45) is 3.11. The number of ether oxygens (including phenoxy) is 4. The lowest BCUT2D eigenvalue weighted by molar-refractivity contribution is 0.222. The molecule has 244 valence electrons. The summed E-state index contributed by atoms with van der Waals surface area (Å²) in [6.45, 7) is 1.77. The van der Waals surface area contributed by atoms with Gasteiger partial charge in [0.25, 0.3) is 0 Å². The van der Waals surface area contributed by atoms with Crippen molar-refractivity contribution in [1.29, 1.82) is 0 Å². The van der Waals surface area contributed by atoms with E-state index in [-0.39, 0.29) is 48.4 Å². The number of rotatable bonds is 2. The maximum atomic E-state index is 11.4. The molecule has 4 aliphatic heterocycles. The van der Waals surface area contributed by atoms with Crippen LogP contribution in [0.4, 0.5) is 0 Å². The van der Waals surface area contributed by atoms with Crippen LogP contribution in [0.2, 0.25) is 0 Å². The number of hydrogen-bond acceptors (Lipinski definition) is 8. The lowest BCUT2D eigenvalue weighted by Gasteiger charge is -2.36. The van der Waals surface area contributed by atoms with E-state index in [0.29, 0.717) is 40.9 Å². The number of phenolic OH excluding ortho intramolecular Hbond substituents is 2. The minimum Gasteiger partial charge on any atom is -0.504 e. The summed E-state index contributed by atoms with van der Waals surface area (Å²) in [5.74, 6) is 3.08. The molecule has 2 atom stereocenters. The van der Waals surface area contributed by atoms with Crippen LogP contribution in [0, 0.1) is 0 Å². The van der Waals surface area contributed by atoms with Crippen molar-refractivity contribution in [2.24, 2.45) is 0 Å². The van der Waals surface area contributed by atoms with Gasteiger partial charge >= 0.3 is 0 Å². The predicted octanol–water partition coefficient (Wildman–Crippen LogP) is 7.40. The van der Waals surface area contributed by atoms with Gasteiger partial charge in [-0.15, -0.1) is 24.8 Å². The third-order valence-corrected chi connectivity index (χ3v) is 9.46. The Morgan fingerprint density at radius 1 is 0.696 bits per heavy atom. The maximum absolute atomic E-state index is 11.4. The SMILES string of the molecule is COc1cc2c3cc1Oc1cc(ccc1O)C[C@H]1c4c(cc(OC)c(O)c4Oc4ccc(cc4)C[C@@H]3N(C)CC2)CCN1C.Cl.Cl. The fourth-order valence-corrected chi connectivity index (χ4v) is 6.93. The molecule has 0 radical (unpaired) electrons. The molecule has 10 heteroatoms. The van der Waals surface area contributed by atoms with Crippen LogP contribution >= 0.6 is 24.8 Å². The van der Waals surface area contributed by atoms with Crippen LogP contribution in [-0.4, -0.2) is 61.4 Å². The second-order valence-corrected chi connectivity index (χ2v) is 12.1. The monoisotopic (exact) mass is 666 g/mol. The third-order valence-electron chi connectivity index (χ3n) is 9.46. The molecule has 0 aromatic heterocycles. The van der Waals surface area contributed by atoms with Gasteiger partial charge in [0, 0.05) is 30.7 Å². The van der Waals surface area contributed by atoms with Gasteiger partial charge in [-0.3, -0.25) is 9.80 Å². The van der Waals surface area contributed by atoms with E-state index in [1.807, 2.05) is 30.3 Å². The molecular formula is C36H40Cl2N2O6. The van der Waals surface area contributed by atoms with Crippen LogP contribution < -0.4 is 18.9 Å². The largest absolute Gasteiger partial charge is 0.504 e. The van der Waals surface area contributed by atoms with Crippen LogP contribution in [0.3, 0.4) is 0 Å². The molecule has 6 bridgehead atoms. The Bertz CT molecular complexity index is 1730. The van der Waals surface area contributed by atoms with Crippen LogP contribution in [-0.2, 0) is 25.7 Å². The van der Waals surface area contributed by atoms with Crippen molar-refractivity contribution >= 4 is 24.8 Å². The molecule has 4 aromatic carbocycles. The van der Waals surface area contributed by atoms with Gasteiger partial charge in [0.05, 0.1) is 14.2 Å². The molecule has 0 spiro atoms. The van der Waals surface area contributed by atoms with Crippen LogP contribution in [0.15, 0.2) is 60.7 Å². The Labute approximate surface area is 282 Å². The topological polar surface area (TPSA) is 83.9 Å². The molecule has 0 amide bonds. The third kappa shape index (κ3) is 6.02. The van der Waals surface area contributed by atoms with E-state index in [4.69, 9.17) is 18.9 Å². The molecule has 2 N–H and O–H groups in total. The van der Waals surface area contributed by atoms with E-state index in [1.165, 1.54) is 16.7 Å². The van der Waals surface area contributed by atoms with Gasteiger partial charge in [-0.2, -0.15) is 0 Å². The number of phenols is 2. The van der Waals surface area contributed by atoms with Gasteiger partial charge < -0.3 is 29.2 Å². The first kappa shape index (κ1) is 33.5. The molecule has 8 rings (SSSR count). The number of likely N-dealkylation sites (N-methyl/N-ethyl adjacent to an activating group) is 2. The van der Waals surface area contributed by atoms with Crippen LogP contribution in [0.5, 0.6) is 46.0 Å². The molecule has 4 aromatic rings. The zero-order chi connectivity index (χ0) is 30.5. The van der Waals surface area contributed by atoms with Gasteiger partial charge in [-0.1, -0.05) is 18.2 Å². The molecular weight excluding hydrogens is 627 g/mol. The standard InChI is InChI=1S/C36H38N2O6.2ClH/c1-37-13-11-23-18-31(41-3)32-20-26(23)27(37)15-21-5-8-25(9-6-21)43-36-34-24(19-33(42-4)35(36)40)12-14-38(2)28(34)16-22-7-10-29(39)30(17-22)44-32;;/h5-10,17-20,27-28,39-40H,11-16H2,1-4H3;2*1H/t27-,28-;;/m0../s1.